The van der Waals surface area contributed by atoms with E-state index in [2.05, 4.69) is 10.6 Å². The van der Waals surface area contributed by atoms with Crippen molar-refractivity contribution < 1.29 is 19.1 Å². The number of amides is 1. The topological polar surface area (TPSA) is 76.7 Å². The molecular weight excluding hydrogens is 368 g/mol. The SMILES string of the molecule is CC(C)(OC(=O)C1CCC(NC(=O)OCc2ccccc2)CC1)C1CCNCC1. The van der Waals surface area contributed by atoms with E-state index < -0.39 is 11.7 Å². The Balaban J connectivity index is 1.38. The van der Waals surface area contributed by atoms with Crippen molar-refractivity contribution in [3.63, 3.8) is 0 Å². The summed E-state index contributed by atoms with van der Waals surface area (Å²) in [6.45, 7) is 6.32. The maximum absolute atomic E-state index is 12.7. The first-order valence-corrected chi connectivity index (χ1v) is 10.8. The molecule has 2 aliphatic rings. The summed E-state index contributed by atoms with van der Waals surface area (Å²) in [7, 11) is 0. The number of piperidine rings is 1. The number of nitrogens with one attached hydrogen (secondary N) is 2. The molecule has 1 aliphatic heterocycles. The fourth-order valence-corrected chi connectivity index (χ4v) is 4.35. The van der Waals surface area contributed by atoms with Crippen LogP contribution < -0.4 is 10.6 Å². The average Bonchev–Trinajstić information content (AvgIpc) is 2.74. The van der Waals surface area contributed by atoms with Crippen LogP contribution in [0.5, 0.6) is 0 Å². The molecule has 1 heterocycles. The Kier molecular flexibility index (Phi) is 7.53. The third-order valence-electron chi connectivity index (χ3n) is 6.28. The number of hydrogen-bond donors (Lipinski definition) is 2. The molecule has 0 bridgehead atoms. The molecule has 2 fully saturated rings. The summed E-state index contributed by atoms with van der Waals surface area (Å²) in [6.07, 6.45) is 4.72. The van der Waals surface area contributed by atoms with Crippen LogP contribution >= 0.6 is 0 Å². The van der Waals surface area contributed by atoms with E-state index in [1.807, 2.05) is 44.2 Å². The Morgan fingerprint density at radius 1 is 1.03 bits per heavy atom. The van der Waals surface area contributed by atoms with Gasteiger partial charge in [-0.25, -0.2) is 4.79 Å². The smallest absolute Gasteiger partial charge is 0.407 e. The molecule has 6 heteroatoms. The molecule has 0 spiro atoms. The van der Waals surface area contributed by atoms with Gasteiger partial charge in [0, 0.05) is 12.0 Å². The molecule has 6 nitrogen and oxygen atoms in total. The van der Waals surface area contributed by atoms with Crippen LogP contribution in [-0.2, 0) is 20.9 Å². The van der Waals surface area contributed by atoms with Crippen LogP contribution in [-0.4, -0.2) is 36.8 Å². The van der Waals surface area contributed by atoms with E-state index in [0.717, 1.165) is 57.2 Å². The minimum absolute atomic E-state index is 0.0553. The van der Waals surface area contributed by atoms with E-state index in [4.69, 9.17) is 9.47 Å². The highest BCUT2D eigenvalue weighted by molar-refractivity contribution is 5.73. The molecule has 1 aromatic rings. The van der Waals surface area contributed by atoms with E-state index >= 15 is 0 Å². The van der Waals surface area contributed by atoms with Gasteiger partial charge in [-0.1, -0.05) is 30.3 Å². The fourth-order valence-electron chi connectivity index (χ4n) is 4.35. The number of ether oxygens (including phenoxy) is 2. The molecule has 0 unspecified atom stereocenters. The third-order valence-corrected chi connectivity index (χ3v) is 6.28. The maximum atomic E-state index is 12.7. The molecule has 3 rings (SSSR count). The molecule has 1 aromatic carbocycles. The van der Waals surface area contributed by atoms with Gasteiger partial charge in [0.05, 0.1) is 5.92 Å². The predicted molar refractivity (Wildman–Crippen MR) is 111 cm³/mol. The number of hydrogen-bond acceptors (Lipinski definition) is 5. The lowest BCUT2D eigenvalue weighted by molar-refractivity contribution is -0.169. The number of esters is 1. The van der Waals surface area contributed by atoms with Gasteiger partial charge in [0.15, 0.2) is 0 Å². The molecule has 1 saturated carbocycles. The highest BCUT2D eigenvalue weighted by Gasteiger charge is 2.37. The molecule has 160 valence electrons. The van der Waals surface area contributed by atoms with E-state index in [1.54, 1.807) is 0 Å². The van der Waals surface area contributed by atoms with Crippen LogP contribution in [0.15, 0.2) is 30.3 Å². The number of carbonyl (C=O) groups excluding carboxylic acids is 2. The van der Waals surface area contributed by atoms with Gasteiger partial charge in [0.25, 0.3) is 0 Å². The van der Waals surface area contributed by atoms with Crippen LogP contribution in [0.4, 0.5) is 4.79 Å². The van der Waals surface area contributed by atoms with Crippen LogP contribution in [0.25, 0.3) is 0 Å². The van der Waals surface area contributed by atoms with Gasteiger partial charge >= 0.3 is 12.1 Å². The fraction of sp³-hybridized carbons (Fsp3) is 0.652. The van der Waals surface area contributed by atoms with Crippen molar-refractivity contribution in [1.29, 1.82) is 0 Å². The second-order valence-corrected chi connectivity index (χ2v) is 8.80. The third kappa shape index (κ3) is 6.46. The predicted octanol–water partition coefficient (Wildman–Crippen LogP) is 3.79. The van der Waals surface area contributed by atoms with Crippen molar-refractivity contribution in [2.75, 3.05) is 13.1 Å². The Bertz CT molecular complexity index is 663. The van der Waals surface area contributed by atoms with E-state index in [-0.39, 0.29) is 24.5 Å². The molecule has 0 radical (unpaired) electrons. The van der Waals surface area contributed by atoms with E-state index in [0.29, 0.717) is 5.92 Å². The zero-order valence-corrected chi connectivity index (χ0v) is 17.6. The lowest BCUT2D eigenvalue weighted by atomic mass is 9.82. The summed E-state index contributed by atoms with van der Waals surface area (Å²) < 4.78 is 11.2. The molecule has 0 aromatic heterocycles. The van der Waals surface area contributed by atoms with Gasteiger partial charge in [0.2, 0.25) is 0 Å². The Morgan fingerprint density at radius 2 is 1.69 bits per heavy atom. The molecular formula is C23H34N2O4. The number of rotatable bonds is 6. The Labute approximate surface area is 173 Å². The standard InChI is InChI=1S/C23H34N2O4/c1-23(2,19-12-14-24-15-13-19)29-21(26)18-8-10-20(11-9-18)25-22(27)28-16-17-6-4-3-5-7-17/h3-7,18-20,24H,8-16H2,1-2H3,(H,25,27). The van der Waals surface area contributed by atoms with E-state index in [1.165, 1.54) is 0 Å². The van der Waals surface area contributed by atoms with Crippen molar-refractivity contribution >= 4 is 12.1 Å². The lowest BCUT2D eigenvalue weighted by Crippen LogP contribution is -2.44. The first-order chi connectivity index (χ1) is 13.9. The molecule has 0 atom stereocenters. The largest absolute Gasteiger partial charge is 0.459 e. The number of alkyl carbamates (subject to hydrolysis) is 1. The highest BCUT2D eigenvalue weighted by atomic mass is 16.6. The van der Waals surface area contributed by atoms with Crippen molar-refractivity contribution in [1.82, 2.24) is 10.6 Å². The van der Waals surface area contributed by atoms with Crippen molar-refractivity contribution in [3.05, 3.63) is 35.9 Å². The average molecular weight is 403 g/mol. The second kappa shape index (κ2) is 10.1. The van der Waals surface area contributed by atoms with Crippen molar-refractivity contribution in [3.8, 4) is 0 Å². The monoisotopic (exact) mass is 402 g/mol. The summed E-state index contributed by atoms with van der Waals surface area (Å²) in [6, 6.07) is 9.68. The Hall–Kier alpha value is -2.08. The van der Waals surface area contributed by atoms with Gasteiger partial charge < -0.3 is 20.1 Å². The van der Waals surface area contributed by atoms with Gasteiger partial charge in [-0.3, -0.25) is 4.79 Å². The zero-order chi connectivity index (χ0) is 20.7. The van der Waals surface area contributed by atoms with Gasteiger partial charge in [-0.2, -0.15) is 0 Å². The highest BCUT2D eigenvalue weighted by Crippen LogP contribution is 2.32. The summed E-state index contributed by atoms with van der Waals surface area (Å²) in [5.74, 6) is 0.248. The Morgan fingerprint density at radius 3 is 2.34 bits per heavy atom. The number of carbonyl (C=O) groups is 2. The van der Waals surface area contributed by atoms with Crippen LogP contribution in [0, 0.1) is 11.8 Å². The first kappa shape index (κ1) is 21.6. The molecule has 1 aliphatic carbocycles. The van der Waals surface area contributed by atoms with Crippen LogP contribution in [0.2, 0.25) is 0 Å². The summed E-state index contributed by atoms with van der Waals surface area (Å²) in [4.78, 5) is 24.7. The van der Waals surface area contributed by atoms with Crippen molar-refractivity contribution in [2.24, 2.45) is 11.8 Å². The van der Waals surface area contributed by atoms with Crippen LogP contribution in [0.1, 0.15) is 57.9 Å². The minimum Gasteiger partial charge on any atom is -0.459 e. The molecule has 1 amide bonds. The minimum atomic E-state index is -0.421. The summed E-state index contributed by atoms with van der Waals surface area (Å²) in [5, 5.41) is 6.29. The molecule has 29 heavy (non-hydrogen) atoms. The quantitative estimate of drug-likeness (QED) is 0.708. The second-order valence-electron chi connectivity index (χ2n) is 8.80. The van der Waals surface area contributed by atoms with Gasteiger partial charge in [0.1, 0.15) is 12.2 Å². The van der Waals surface area contributed by atoms with Crippen molar-refractivity contribution in [2.45, 2.75) is 70.6 Å². The lowest BCUT2D eigenvalue weighted by Gasteiger charge is -2.38. The zero-order valence-electron chi connectivity index (χ0n) is 17.6. The normalized spacial score (nSPS) is 23.2. The van der Waals surface area contributed by atoms with Crippen LogP contribution in [0.3, 0.4) is 0 Å². The van der Waals surface area contributed by atoms with Gasteiger partial charge in [-0.05, 0) is 71.0 Å². The number of benzene rings is 1. The summed E-state index contributed by atoms with van der Waals surface area (Å²) >= 11 is 0. The molecule has 1 saturated heterocycles. The first-order valence-electron chi connectivity index (χ1n) is 10.8. The van der Waals surface area contributed by atoms with Gasteiger partial charge in [-0.15, -0.1) is 0 Å². The molecule has 2 N–H and O–H groups in total. The summed E-state index contributed by atoms with van der Waals surface area (Å²) in [5.41, 5.74) is 0.542. The maximum Gasteiger partial charge on any atom is 0.407 e. The van der Waals surface area contributed by atoms with E-state index in [9.17, 15) is 9.59 Å².